The number of rotatable bonds is 1. The number of nitrogens with one attached hydrogen (secondary N) is 1. The van der Waals surface area contributed by atoms with Crippen LogP contribution < -0.4 is 5.32 Å². The number of fused-ring (bicyclic) bond motifs is 1. The molecule has 2 heteroatoms. The molecule has 0 aromatic heterocycles. The second-order valence-electron chi connectivity index (χ2n) is 4.59. The van der Waals surface area contributed by atoms with Gasteiger partial charge in [0.25, 0.3) is 0 Å². The zero-order chi connectivity index (χ0) is 9.26. The third-order valence-corrected chi connectivity index (χ3v) is 3.72. The van der Waals surface area contributed by atoms with Gasteiger partial charge in [0.2, 0.25) is 5.91 Å². The fourth-order valence-corrected chi connectivity index (χ4v) is 3.17. The highest BCUT2D eigenvalue weighted by Gasteiger charge is 2.37. The molecule has 2 saturated carbocycles. The van der Waals surface area contributed by atoms with E-state index in [1.54, 1.807) is 6.92 Å². The highest BCUT2D eigenvalue weighted by molar-refractivity contribution is 5.73. The quantitative estimate of drug-likeness (QED) is 0.659. The summed E-state index contributed by atoms with van der Waals surface area (Å²) in [4.78, 5) is 11.0. The lowest BCUT2D eigenvalue weighted by Crippen LogP contribution is -2.38. The first-order valence-electron chi connectivity index (χ1n) is 5.54. The van der Waals surface area contributed by atoms with Gasteiger partial charge < -0.3 is 5.32 Å². The van der Waals surface area contributed by atoms with Crippen molar-refractivity contribution in [3.05, 3.63) is 0 Å². The molecular weight excluding hydrogens is 162 g/mol. The number of hydrogen-bond donors (Lipinski definition) is 1. The predicted molar refractivity (Wildman–Crippen MR) is 52.3 cm³/mol. The van der Waals surface area contributed by atoms with Crippen LogP contribution in [-0.4, -0.2) is 11.9 Å². The standard InChI is InChI=1S/C11H19NO/c1-8(13)12-11-7-6-9-4-2-3-5-10(9)11/h9-11H,2-7H2,1H3,(H,12,13)/t9-,10-,11-/m1/s1. The Morgan fingerprint density at radius 2 is 1.92 bits per heavy atom. The lowest BCUT2D eigenvalue weighted by molar-refractivity contribution is -0.120. The first-order valence-corrected chi connectivity index (χ1v) is 5.54. The lowest BCUT2D eigenvalue weighted by Gasteiger charge is -2.29. The highest BCUT2D eigenvalue weighted by atomic mass is 16.1. The molecule has 1 N–H and O–H groups in total. The summed E-state index contributed by atoms with van der Waals surface area (Å²) in [6.07, 6.45) is 8.09. The van der Waals surface area contributed by atoms with Crippen LogP contribution in [-0.2, 0) is 4.79 Å². The topological polar surface area (TPSA) is 29.1 Å². The van der Waals surface area contributed by atoms with Crippen molar-refractivity contribution in [2.24, 2.45) is 11.8 Å². The van der Waals surface area contributed by atoms with Gasteiger partial charge in [-0.25, -0.2) is 0 Å². The Labute approximate surface area is 80.1 Å². The van der Waals surface area contributed by atoms with E-state index in [1.165, 1.54) is 38.5 Å². The van der Waals surface area contributed by atoms with E-state index in [0.29, 0.717) is 6.04 Å². The maximum atomic E-state index is 11.0. The Bertz CT molecular complexity index is 202. The molecule has 2 fully saturated rings. The van der Waals surface area contributed by atoms with Gasteiger partial charge in [0.1, 0.15) is 0 Å². The van der Waals surface area contributed by atoms with E-state index < -0.39 is 0 Å². The smallest absolute Gasteiger partial charge is 0.217 e. The molecule has 0 aromatic carbocycles. The van der Waals surface area contributed by atoms with Crippen LogP contribution in [0.5, 0.6) is 0 Å². The third kappa shape index (κ3) is 1.87. The van der Waals surface area contributed by atoms with E-state index in [-0.39, 0.29) is 5.91 Å². The van der Waals surface area contributed by atoms with Gasteiger partial charge in [-0.2, -0.15) is 0 Å². The average Bonchev–Trinajstić information content (AvgIpc) is 2.48. The molecule has 2 aliphatic carbocycles. The molecule has 0 unspecified atom stereocenters. The minimum Gasteiger partial charge on any atom is -0.353 e. The van der Waals surface area contributed by atoms with Crippen molar-refractivity contribution in [3.8, 4) is 0 Å². The molecule has 0 bridgehead atoms. The summed E-state index contributed by atoms with van der Waals surface area (Å²) in [5.74, 6) is 1.87. The van der Waals surface area contributed by atoms with Crippen LogP contribution in [0, 0.1) is 11.8 Å². The van der Waals surface area contributed by atoms with Crippen LogP contribution in [0.15, 0.2) is 0 Å². The summed E-state index contributed by atoms with van der Waals surface area (Å²) in [6, 6.07) is 0.503. The maximum absolute atomic E-state index is 11.0. The van der Waals surface area contributed by atoms with Gasteiger partial charge in [-0.15, -0.1) is 0 Å². The van der Waals surface area contributed by atoms with E-state index in [4.69, 9.17) is 0 Å². The Kier molecular flexibility index (Phi) is 2.56. The normalized spacial score (nSPS) is 38.4. The van der Waals surface area contributed by atoms with Crippen molar-refractivity contribution >= 4 is 5.91 Å². The second-order valence-corrected chi connectivity index (χ2v) is 4.59. The molecule has 2 rings (SSSR count). The average molecular weight is 181 g/mol. The monoisotopic (exact) mass is 181 g/mol. The lowest BCUT2D eigenvalue weighted by atomic mass is 9.80. The summed E-state index contributed by atoms with van der Waals surface area (Å²) in [5.41, 5.74) is 0. The third-order valence-electron chi connectivity index (χ3n) is 3.72. The highest BCUT2D eigenvalue weighted by Crippen LogP contribution is 2.42. The molecule has 0 saturated heterocycles. The minimum atomic E-state index is 0.149. The Hall–Kier alpha value is -0.530. The summed E-state index contributed by atoms with van der Waals surface area (Å²) >= 11 is 0. The number of carbonyl (C=O) groups excluding carboxylic acids is 1. The predicted octanol–water partition coefficient (Wildman–Crippen LogP) is 2.09. The van der Waals surface area contributed by atoms with E-state index in [1.807, 2.05) is 0 Å². The van der Waals surface area contributed by atoms with Gasteiger partial charge in [0, 0.05) is 13.0 Å². The molecule has 0 aromatic rings. The molecular formula is C11H19NO. The summed E-state index contributed by atoms with van der Waals surface area (Å²) in [6.45, 7) is 1.64. The van der Waals surface area contributed by atoms with Crippen LogP contribution in [0.2, 0.25) is 0 Å². The first kappa shape index (κ1) is 9.04. The van der Waals surface area contributed by atoms with Crippen molar-refractivity contribution in [3.63, 3.8) is 0 Å². The number of hydrogen-bond acceptors (Lipinski definition) is 1. The van der Waals surface area contributed by atoms with Crippen LogP contribution in [0.25, 0.3) is 0 Å². The van der Waals surface area contributed by atoms with Crippen molar-refractivity contribution in [2.45, 2.75) is 51.5 Å². The van der Waals surface area contributed by atoms with E-state index in [2.05, 4.69) is 5.32 Å². The molecule has 0 radical (unpaired) electrons. The van der Waals surface area contributed by atoms with Gasteiger partial charge in [-0.3, -0.25) is 4.79 Å². The molecule has 0 spiro atoms. The van der Waals surface area contributed by atoms with Crippen molar-refractivity contribution in [1.29, 1.82) is 0 Å². The Balaban J connectivity index is 1.94. The maximum Gasteiger partial charge on any atom is 0.217 e. The SMILES string of the molecule is CC(=O)N[C@@H]1CC[C@H]2CCCC[C@H]21. The summed E-state index contributed by atoms with van der Waals surface area (Å²) in [5, 5.41) is 3.10. The molecule has 0 heterocycles. The van der Waals surface area contributed by atoms with Gasteiger partial charge in [0.05, 0.1) is 0 Å². The zero-order valence-electron chi connectivity index (χ0n) is 8.38. The second kappa shape index (κ2) is 3.69. The minimum absolute atomic E-state index is 0.149. The fourth-order valence-electron chi connectivity index (χ4n) is 3.17. The van der Waals surface area contributed by atoms with E-state index in [9.17, 15) is 4.79 Å². The van der Waals surface area contributed by atoms with Gasteiger partial charge in [-0.1, -0.05) is 19.3 Å². The van der Waals surface area contributed by atoms with Gasteiger partial charge in [-0.05, 0) is 31.1 Å². The Morgan fingerprint density at radius 3 is 2.69 bits per heavy atom. The van der Waals surface area contributed by atoms with E-state index in [0.717, 1.165) is 11.8 Å². The van der Waals surface area contributed by atoms with Gasteiger partial charge >= 0.3 is 0 Å². The molecule has 0 aliphatic heterocycles. The molecule has 2 nitrogen and oxygen atoms in total. The molecule has 1 amide bonds. The van der Waals surface area contributed by atoms with Crippen LogP contribution >= 0.6 is 0 Å². The van der Waals surface area contributed by atoms with Crippen LogP contribution in [0.3, 0.4) is 0 Å². The molecule has 2 aliphatic rings. The van der Waals surface area contributed by atoms with Crippen molar-refractivity contribution in [2.75, 3.05) is 0 Å². The van der Waals surface area contributed by atoms with Crippen LogP contribution in [0.4, 0.5) is 0 Å². The van der Waals surface area contributed by atoms with Crippen LogP contribution in [0.1, 0.15) is 45.4 Å². The van der Waals surface area contributed by atoms with E-state index >= 15 is 0 Å². The zero-order valence-corrected chi connectivity index (χ0v) is 8.38. The summed E-state index contributed by atoms with van der Waals surface area (Å²) < 4.78 is 0. The molecule has 3 atom stereocenters. The fraction of sp³-hybridized carbons (Fsp3) is 0.909. The first-order chi connectivity index (χ1) is 6.27. The number of carbonyl (C=O) groups is 1. The largest absolute Gasteiger partial charge is 0.353 e. The number of amides is 1. The van der Waals surface area contributed by atoms with Crippen molar-refractivity contribution < 1.29 is 4.79 Å². The molecule has 74 valence electrons. The van der Waals surface area contributed by atoms with Crippen molar-refractivity contribution in [1.82, 2.24) is 5.32 Å². The summed E-state index contributed by atoms with van der Waals surface area (Å²) in [7, 11) is 0. The van der Waals surface area contributed by atoms with Gasteiger partial charge in [0.15, 0.2) is 0 Å². The molecule has 13 heavy (non-hydrogen) atoms. The Morgan fingerprint density at radius 1 is 1.15 bits per heavy atom.